The monoisotopic (exact) mass is 367 g/mol. The summed E-state index contributed by atoms with van der Waals surface area (Å²) in [7, 11) is 0. The summed E-state index contributed by atoms with van der Waals surface area (Å²) in [5, 5.41) is 0. The average molecular weight is 367 g/mol. The first-order valence-corrected chi connectivity index (χ1v) is 9.73. The average Bonchev–Trinajstić information content (AvgIpc) is 2.68. The van der Waals surface area contributed by atoms with Crippen molar-refractivity contribution in [2.75, 3.05) is 18.1 Å². The van der Waals surface area contributed by atoms with Crippen LogP contribution in [0, 0.1) is 6.92 Å². The summed E-state index contributed by atoms with van der Waals surface area (Å²) in [5.41, 5.74) is 2.60. The topological polar surface area (TPSA) is 46.6 Å². The number of ether oxygens (including phenoxy) is 1. The highest BCUT2D eigenvalue weighted by atomic mass is 16.5. The summed E-state index contributed by atoms with van der Waals surface area (Å²) in [6.45, 7) is 6.96. The second-order valence-corrected chi connectivity index (χ2v) is 6.63. The van der Waals surface area contributed by atoms with Gasteiger partial charge in [-0.3, -0.25) is 4.79 Å². The Kier molecular flexibility index (Phi) is 8.05. The fourth-order valence-corrected chi connectivity index (χ4v) is 3.00. The maximum atomic E-state index is 13.1. The minimum atomic E-state index is -0.434. The van der Waals surface area contributed by atoms with Gasteiger partial charge in [-0.25, -0.2) is 4.79 Å². The first kappa shape index (κ1) is 20.7. The van der Waals surface area contributed by atoms with Crippen molar-refractivity contribution in [1.29, 1.82) is 0 Å². The quantitative estimate of drug-likeness (QED) is 0.440. The zero-order valence-electron chi connectivity index (χ0n) is 16.5. The molecule has 0 N–H and O–H groups in total. The second-order valence-electron chi connectivity index (χ2n) is 6.63. The molecule has 0 aliphatic carbocycles. The summed E-state index contributed by atoms with van der Waals surface area (Å²) >= 11 is 0. The Bertz CT molecular complexity index is 770. The van der Waals surface area contributed by atoms with Gasteiger partial charge >= 0.3 is 5.97 Å². The predicted molar refractivity (Wildman–Crippen MR) is 109 cm³/mol. The number of aryl methyl sites for hydroxylation is 1. The first-order chi connectivity index (χ1) is 13.1. The van der Waals surface area contributed by atoms with Crippen molar-refractivity contribution in [2.45, 2.75) is 46.5 Å². The van der Waals surface area contributed by atoms with Crippen LogP contribution in [0.1, 0.15) is 65.8 Å². The Morgan fingerprint density at radius 2 is 1.67 bits per heavy atom. The lowest BCUT2D eigenvalue weighted by atomic mass is 10.1. The largest absolute Gasteiger partial charge is 0.462 e. The highest BCUT2D eigenvalue weighted by molar-refractivity contribution is 6.12. The molecule has 2 aromatic carbocycles. The van der Waals surface area contributed by atoms with Crippen LogP contribution in [0.5, 0.6) is 0 Å². The Balaban J connectivity index is 2.17. The van der Waals surface area contributed by atoms with Crippen LogP contribution in [0.2, 0.25) is 0 Å². The molecule has 0 atom stereocenters. The van der Waals surface area contributed by atoms with Gasteiger partial charge in [0.2, 0.25) is 0 Å². The second kappa shape index (κ2) is 10.5. The first-order valence-electron chi connectivity index (χ1n) is 9.73. The molecule has 0 aromatic heterocycles. The maximum Gasteiger partial charge on any atom is 0.338 e. The van der Waals surface area contributed by atoms with Gasteiger partial charge in [0.15, 0.2) is 0 Å². The zero-order chi connectivity index (χ0) is 19.6. The lowest BCUT2D eigenvalue weighted by Crippen LogP contribution is -2.32. The van der Waals surface area contributed by atoms with Crippen LogP contribution in [0.15, 0.2) is 48.5 Å². The molecular weight excluding hydrogens is 338 g/mol. The van der Waals surface area contributed by atoms with Crippen LogP contribution in [0.4, 0.5) is 5.69 Å². The Hall–Kier alpha value is -2.62. The molecule has 0 radical (unpaired) electrons. The fourth-order valence-electron chi connectivity index (χ4n) is 3.00. The van der Waals surface area contributed by atoms with Crippen molar-refractivity contribution in [2.24, 2.45) is 0 Å². The molecular formula is C23H29NO3. The summed E-state index contributed by atoms with van der Waals surface area (Å²) in [4.78, 5) is 27.3. The van der Waals surface area contributed by atoms with E-state index in [-0.39, 0.29) is 5.91 Å². The number of hydrogen-bond donors (Lipinski definition) is 0. The number of unbranched alkanes of at least 4 members (excludes halogenated alkanes) is 3. The van der Waals surface area contributed by atoms with Crippen molar-refractivity contribution >= 4 is 17.6 Å². The third kappa shape index (κ3) is 5.68. The molecule has 27 heavy (non-hydrogen) atoms. The predicted octanol–water partition coefficient (Wildman–Crippen LogP) is 5.40. The van der Waals surface area contributed by atoms with Crippen LogP contribution in [-0.2, 0) is 4.74 Å². The normalized spacial score (nSPS) is 10.5. The van der Waals surface area contributed by atoms with E-state index in [1.807, 2.05) is 38.1 Å². The lowest BCUT2D eigenvalue weighted by molar-refractivity contribution is 0.0494. The molecule has 4 nitrogen and oxygen atoms in total. The molecule has 0 bridgehead atoms. The van der Waals surface area contributed by atoms with Crippen molar-refractivity contribution in [3.05, 3.63) is 65.2 Å². The standard InChI is InChI=1S/C23H29NO3/c1-4-6-7-10-16-27-23(26)21-15-9-8-14-20(21)22(25)24(5-2)19-13-11-12-18(3)17-19/h8-9,11-15,17H,4-7,10,16H2,1-3H3. The molecule has 0 heterocycles. The van der Waals surface area contributed by atoms with Crippen LogP contribution in [0.25, 0.3) is 0 Å². The molecule has 0 spiro atoms. The number of hydrogen-bond acceptors (Lipinski definition) is 3. The van der Waals surface area contributed by atoms with Crippen molar-refractivity contribution in [1.82, 2.24) is 0 Å². The van der Waals surface area contributed by atoms with Gasteiger partial charge in [-0.2, -0.15) is 0 Å². The maximum absolute atomic E-state index is 13.1. The molecule has 1 amide bonds. The molecule has 144 valence electrons. The molecule has 0 aliphatic rings. The van der Waals surface area contributed by atoms with E-state index in [9.17, 15) is 9.59 Å². The number of rotatable bonds is 9. The SMILES string of the molecule is CCCCCCOC(=O)c1ccccc1C(=O)N(CC)c1cccc(C)c1. The molecule has 0 fully saturated rings. The van der Waals surface area contributed by atoms with E-state index >= 15 is 0 Å². The number of nitrogens with zero attached hydrogens (tertiary/aromatic N) is 1. The summed E-state index contributed by atoms with van der Waals surface area (Å²) in [5.74, 6) is -0.627. The van der Waals surface area contributed by atoms with Gasteiger partial charge in [0.25, 0.3) is 5.91 Å². The van der Waals surface area contributed by atoms with Crippen molar-refractivity contribution < 1.29 is 14.3 Å². The van der Waals surface area contributed by atoms with Crippen LogP contribution in [-0.4, -0.2) is 25.0 Å². The van der Waals surface area contributed by atoms with Gasteiger partial charge in [-0.1, -0.05) is 50.5 Å². The van der Waals surface area contributed by atoms with E-state index in [1.165, 1.54) is 0 Å². The molecule has 0 unspecified atom stereocenters. The third-order valence-electron chi connectivity index (χ3n) is 4.48. The number of carbonyl (C=O) groups is 2. The smallest absolute Gasteiger partial charge is 0.338 e. The van der Waals surface area contributed by atoms with Crippen molar-refractivity contribution in [3.63, 3.8) is 0 Å². The summed E-state index contributed by atoms with van der Waals surface area (Å²) < 4.78 is 5.39. The van der Waals surface area contributed by atoms with Gasteiger partial charge in [-0.05, 0) is 50.1 Å². The van der Waals surface area contributed by atoms with E-state index < -0.39 is 5.97 Å². The number of carbonyl (C=O) groups excluding carboxylic acids is 2. The highest BCUT2D eigenvalue weighted by Gasteiger charge is 2.22. The Morgan fingerprint density at radius 1 is 0.926 bits per heavy atom. The van der Waals surface area contributed by atoms with Crippen LogP contribution >= 0.6 is 0 Å². The Morgan fingerprint density at radius 3 is 2.33 bits per heavy atom. The lowest BCUT2D eigenvalue weighted by Gasteiger charge is -2.22. The minimum absolute atomic E-state index is 0.193. The zero-order valence-corrected chi connectivity index (χ0v) is 16.5. The van der Waals surface area contributed by atoms with E-state index in [0.717, 1.165) is 36.9 Å². The molecule has 2 rings (SSSR count). The number of amides is 1. The van der Waals surface area contributed by atoms with E-state index in [2.05, 4.69) is 6.92 Å². The van der Waals surface area contributed by atoms with Gasteiger partial charge in [0, 0.05) is 12.2 Å². The van der Waals surface area contributed by atoms with Crippen LogP contribution in [0.3, 0.4) is 0 Å². The highest BCUT2D eigenvalue weighted by Crippen LogP contribution is 2.21. The number of anilines is 1. The van der Waals surface area contributed by atoms with Gasteiger partial charge in [-0.15, -0.1) is 0 Å². The third-order valence-corrected chi connectivity index (χ3v) is 4.48. The molecule has 0 saturated heterocycles. The summed E-state index contributed by atoms with van der Waals surface area (Å²) in [6.07, 6.45) is 4.16. The summed E-state index contributed by atoms with van der Waals surface area (Å²) in [6, 6.07) is 14.7. The van der Waals surface area contributed by atoms with Gasteiger partial charge in [0.05, 0.1) is 17.7 Å². The molecule has 4 heteroatoms. The van der Waals surface area contributed by atoms with Crippen molar-refractivity contribution in [3.8, 4) is 0 Å². The van der Waals surface area contributed by atoms with E-state index in [0.29, 0.717) is 24.3 Å². The van der Waals surface area contributed by atoms with Gasteiger partial charge in [0.1, 0.15) is 0 Å². The molecule has 2 aromatic rings. The van der Waals surface area contributed by atoms with Crippen LogP contribution < -0.4 is 4.90 Å². The fraction of sp³-hybridized carbons (Fsp3) is 0.391. The van der Waals surface area contributed by atoms with E-state index in [4.69, 9.17) is 4.74 Å². The number of benzene rings is 2. The molecule has 0 saturated carbocycles. The van der Waals surface area contributed by atoms with E-state index in [1.54, 1.807) is 29.2 Å². The minimum Gasteiger partial charge on any atom is -0.462 e. The molecule has 0 aliphatic heterocycles. The van der Waals surface area contributed by atoms with Gasteiger partial charge < -0.3 is 9.64 Å². The Labute approximate surface area is 162 Å². The number of esters is 1.